The van der Waals surface area contributed by atoms with Crippen LogP contribution in [0.25, 0.3) is 0 Å². The number of hydrogen-bond acceptors (Lipinski definition) is 3. The molecular weight excluding hydrogens is 218 g/mol. The SMILES string of the molecule is CC(C)(C)OC(=O)N1C[C@H]2C[C@@H](CO)[C@H](C2)C1. The molecule has 0 aromatic heterocycles. The first-order valence-corrected chi connectivity index (χ1v) is 6.48. The van der Waals surface area contributed by atoms with Gasteiger partial charge in [0.25, 0.3) is 0 Å². The van der Waals surface area contributed by atoms with E-state index in [0.29, 0.717) is 17.8 Å². The molecular formula is C13H23NO3. The van der Waals surface area contributed by atoms with Gasteiger partial charge in [-0.2, -0.15) is 0 Å². The number of likely N-dealkylation sites (tertiary alicyclic amines) is 1. The van der Waals surface area contributed by atoms with Gasteiger partial charge in [0.2, 0.25) is 0 Å². The smallest absolute Gasteiger partial charge is 0.410 e. The molecule has 2 aliphatic rings. The first-order chi connectivity index (χ1) is 7.89. The molecule has 1 saturated heterocycles. The van der Waals surface area contributed by atoms with Crippen LogP contribution in [0, 0.1) is 17.8 Å². The summed E-state index contributed by atoms with van der Waals surface area (Å²) in [6.07, 6.45) is 2.01. The molecule has 1 amide bonds. The van der Waals surface area contributed by atoms with Crippen LogP contribution in [0.2, 0.25) is 0 Å². The van der Waals surface area contributed by atoms with Gasteiger partial charge in [0.15, 0.2) is 0 Å². The van der Waals surface area contributed by atoms with Crippen molar-refractivity contribution in [2.75, 3.05) is 19.7 Å². The molecule has 3 atom stereocenters. The Balaban J connectivity index is 1.95. The van der Waals surface area contributed by atoms with E-state index in [-0.39, 0.29) is 12.7 Å². The molecule has 1 heterocycles. The molecule has 2 fully saturated rings. The number of aliphatic hydroxyl groups is 1. The Hall–Kier alpha value is -0.770. The van der Waals surface area contributed by atoms with Crippen LogP contribution in [-0.4, -0.2) is 41.4 Å². The maximum atomic E-state index is 12.0. The van der Waals surface area contributed by atoms with Gasteiger partial charge < -0.3 is 14.7 Å². The van der Waals surface area contributed by atoms with Crippen molar-refractivity contribution in [3.05, 3.63) is 0 Å². The topological polar surface area (TPSA) is 49.8 Å². The lowest BCUT2D eigenvalue weighted by Gasteiger charge is -2.34. The molecule has 4 heteroatoms. The van der Waals surface area contributed by atoms with Crippen LogP contribution in [-0.2, 0) is 4.74 Å². The number of aliphatic hydroxyl groups excluding tert-OH is 1. The third-order valence-electron chi connectivity index (χ3n) is 3.76. The molecule has 0 spiro atoms. The lowest BCUT2D eigenvalue weighted by atomic mass is 9.95. The zero-order valence-corrected chi connectivity index (χ0v) is 11.0. The highest BCUT2D eigenvalue weighted by Crippen LogP contribution is 2.41. The minimum Gasteiger partial charge on any atom is -0.444 e. The van der Waals surface area contributed by atoms with Crippen LogP contribution in [0.3, 0.4) is 0 Å². The number of carbonyl (C=O) groups is 1. The zero-order valence-electron chi connectivity index (χ0n) is 11.0. The van der Waals surface area contributed by atoms with E-state index >= 15 is 0 Å². The van der Waals surface area contributed by atoms with Crippen LogP contribution in [0.4, 0.5) is 4.79 Å². The predicted octanol–water partition coefficient (Wildman–Crippen LogP) is 1.87. The summed E-state index contributed by atoms with van der Waals surface area (Å²) in [6.45, 7) is 7.46. The second-order valence-electron chi connectivity index (χ2n) is 6.43. The van der Waals surface area contributed by atoms with Gasteiger partial charge in [0.1, 0.15) is 5.60 Å². The van der Waals surface area contributed by atoms with Crippen LogP contribution in [0.1, 0.15) is 33.6 Å². The monoisotopic (exact) mass is 241 g/mol. The Bertz CT molecular complexity index is 298. The lowest BCUT2D eigenvalue weighted by molar-refractivity contribution is 0.0138. The zero-order chi connectivity index (χ0) is 12.6. The van der Waals surface area contributed by atoms with E-state index in [0.717, 1.165) is 25.9 Å². The van der Waals surface area contributed by atoms with Gasteiger partial charge in [-0.15, -0.1) is 0 Å². The Morgan fingerprint density at radius 1 is 1.35 bits per heavy atom. The summed E-state index contributed by atoms with van der Waals surface area (Å²) in [5.74, 6) is 1.40. The number of hydrogen-bond donors (Lipinski definition) is 1. The van der Waals surface area contributed by atoms with Gasteiger partial charge in [0, 0.05) is 19.7 Å². The van der Waals surface area contributed by atoms with Crippen molar-refractivity contribution in [3.8, 4) is 0 Å². The van der Waals surface area contributed by atoms with Crippen LogP contribution < -0.4 is 0 Å². The molecule has 0 aromatic rings. The molecule has 0 unspecified atom stereocenters. The fourth-order valence-corrected chi connectivity index (χ4v) is 3.08. The van der Waals surface area contributed by atoms with E-state index in [9.17, 15) is 9.90 Å². The molecule has 1 aliphatic heterocycles. The molecule has 98 valence electrons. The van der Waals surface area contributed by atoms with Crippen molar-refractivity contribution in [1.82, 2.24) is 4.90 Å². The largest absolute Gasteiger partial charge is 0.444 e. The summed E-state index contributed by atoms with van der Waals surface area (Å²) >= 11 is 0. The molecule has 2 bridgehead atoms. The Labute approximate surface area is 103 Å². The van der Waals surface area contributed by atoms with Gasteiger partial charge in [-0.1, -0.05) is 0 Å². The van der Waals surface area contributed by atoms with Gasteiger partial charge in [-0.25, -0.2) is 4.79 Å². The number of carbonyl (C=O) groups excluding carboxylic acids is 1. The van der Waals surface area contributed by atoms with Crippen molar-refractivity contribution < 1.29 is 14.6 Å². The normalized spacial score (nSPS) is 32.7. The number of fused-ring (bicyclic) bond motifs is 2. The van der Waals surface area contributed by atoms with Crippen molar-refractivity contribution in [3.63, 3.8) is 0 Å². The standard InChI is InChI=1S/C13H23NO3/c1-13(2,3)17-12(16)14-6-9-4-10(7-14)11(5-9)8-15/h9-11,15H,4-8H2,1-3H3/t9-,10-,11+/m1/s1. The molecule has 1 N–H and O–H groups in total. The second-order valence-corrected chi connectivity index (χ2v) is 6.43. The molecule has 1 aliphatic carbocycles. The van der Waals surface area contributed by atoms with E-state index in [1.165, 1.54) is 0 Å². The highest BCUT2D eigenvalue weighted by atomic mass is 16.6. The number of rotatable bonds is 1. The van der Waals surface area contributed by atoms with Crippen molar-refractivity contribution in [2.45, 2.75) is 39.2 Å². The third-order valence-corrected chi connectivity index (χ3v) is 3.76. The first-order valence-electron chi connectivity index (χ1n) is 6.48. The van der Waals surface area contributed by atoms with E-state index < -0.39 is 5.60 Å². The van der Waals surface area contributed by atoms with E-state index in [2.05, 4.69) is 0 Å². The van der Waals surface area contributed by atoms with Crippen molar-refractivity contribution in [1.29, 1.82) is 0 Å². The maximum Gasteiger partial charge on any atom is 0.410 e. The molecule has 4 nitrogen and oxygen atoms in total. The van der Waals surface area contributed by atoms with E-state index in [1.807, 2.05) is 25.7 Å². The summed E-state index contributed by atoms with van der Waals surface area (Å²) in [5, 5.41) is 9.29. The number of piperidine rings is 1. The predicted molar refractivity (Wildman–Crippen MR) is 64.6 cm³/mol. The molecule has 2 rings (SSSR count). The first kappa shape index (κ1) is 12.7. The highest BCUT2D eigenvalue weighted by molar-refractivity contribution is 5.68. The summed E-state index contributed by atoms with van der Waals surface area (Å²) in [6, 6.07) is 0. The molecule has 17 heavy (non-hydrogen) atoms. The van der Waals surface area contributed by atoms with Gasteiger partial charge in [-0.3, -0.25) is 0 Å². The number of nitrogens with zero attached hydrogens (tertiary/aromatic N) is 1. The lowest BCUT2D eigenvalue weighted by Crippen LogP contribution is -2.44. The van der Waals surface area contributed by atoms with Gasteiger partial charge >= 0.3 is 6.09 Å². The Kier molecular flexibility index (Phi) is 3.34. The fraction of sp³-hybridized carbons (Fsp3) is 0.923. The Morgan fingerprint density at radius 3 is 2.65 bits per heavy atom. The minimum absolute atomic E-state index is 0.203. The number of ether oxygens (including phenoxy) is 1. The highest BCUT2D eigenvalue weighted by Gasteiger charge is 2.41. The van der Waals surface area contributed by atoms with E-state index in [1.54, 1.807) is 0 Å². The summed E-state index contributed by atoms with van der Waals surface area (Å²) in [4.78, 5) is 13.8. The van der Waals surface area contributed by atoms with Gasteiger partial charge in [0.05, 0.1) is 0 Å². The summed E-state index contributed by atoms with van der Waals surface area (Å²) in [7, 11) is 0. The minimum atomic E-state index is -0.427. The third kappa shape index (κ3) is 2.92. The fourth-order valence-electron chi connectivity index (χ4n) is 3.08. The summed E-state index contributed by atoms with van der Waals surface area (Å²) < 4.78 is 5.39. The molecule has 1 saturated carbocycles. The van der Waals surface area contributed by atoms with Crippen molar-refractivity contribution in [2.24, 2.45) is 17.8 Å². The van der Waals surface area contributed by atoms with Crippen LogP contribution in [0.15, 0.2) is 0 Å². The quantitative estimate of drug-likeness (QED) is 0.762. The summed E-state index contributed by atoms with van der Waals surface area (Å²) in [5.41, 5.74) is -0.427. The second kappa shape index (κ2) is 4.48. The Morgan fingerprint density at radius 2 is 2.06 bits per heavy atom. The van der Waals surface area contributed by atoms with Crippen LogP contribution in [0.5, 0.6) is 0 Å². The average Bonchev–Trinajstić information content (AvgIpc) is 2.50. The average molecular weight is 241 g/mol. The number of amides is 1. The van der Waals surface area contributed by atoms with Crippen LogP contribution >= 0.6 is 0 Å². The molecule has 0 radical (unpaired) electrons. The maximum absolute atomic E-state index is 12.0. The van der Waals surface area contributed by atoms with Crippen molar-refractivity contribution >= 4 is 6.09 Å². The van der Waals surface area contributed by atoms with E-state index in [4.69, 9.17) is 4.74 Å². The molecule has 0 aromatic carbocycles. The van der Waals surface area contributed by atoms with Gasteiger partial charge in [-0.05, 0) is 51.4 Å².